The topological polar surface area (TPSA) is 72.3 Å². The fourth-order valence-electron chi connectivity index (χ4n) is 0. The molecule has 0 amide bonds. The number of hydrogen-bond acceptors (Lipinski definition) is 3. The molecule has 0 aromatic rings. The van der Waals surface area contributed by atoms with Crippen LogP contribution >= 0.6 is 0 Å². The third-order valence-electron chi connectivity index (χ3n) is 1.05. The standard InChI is InChI=1S/C4H11NO.C4H11N/c1-4(2,5)3-6;1-3-4(2)5/h6H,3,5H2,1-2H3;4H,3,5H2,1-2H3. The van der Waals surface area contributed by atoms with Crippen LogP contribution in [0.15, 0.2) is 0 Å². The van der Waals surface area contributed by atoms with Crippen LogP contribution in [-0.4, -0.2) is 23.3 Å². The molecule has 0 radical (unpaired) electrons. The molecule has 0 saturated heterocycles. The van der Waals surface area contributed by atoms with Crippen LogP contribution in [0.2, 0.25) is 0 Å². The first-order valence-electron chi connectivity index (χ1n) is 3.98. The molecule has 0 saturated carbocycles. The maximum absolute atomic E-state index is 8.28. The Morgan fingerprint density at radius 3 is 1.64 bits per heavy atom. The van der Waals surface area contributed by atoms with Crippen molar-refractivity contribution in [2.45, 2.75) is 45.7 Å². The van der Waals surface area contributed by atoms with E-state index in [1.54, 1.807) is 13.8 Å². The van der Waals surface area contributed by atoms with Crippen molar-refractivity contribution in [2.75, 3.05) is 6.61 Å². The Hall–Kier alpha value is -0.120. The number of hydrogen-bond donors (Lipinski definition) is 3. The van der Waals surface area contributed by atoms with Crippen LogP contribution in [0, 0.1) is 0 Å². The summed E-state index contributed by atoms with van der Waals surface area (Å²) in [7, 11) is 0. The molecule has 0 bridgehead atoms. The molecule has 0 aromatic carbocycles. The normalized spacial score (nSPS) is 13.4. The minimum absolute atomic E-state index is 0.0486. The summed E-state index contributed by atoms with van der Waals surface area (Å²) in [6.07, 6.45) is 1.08. The highest BCUT2D eigenvalue weighted by Gasteiger charge is 2.05. The fraction of sp³-hybridized carbons (Fsp3) is 1.00. The van der Waals surface area contributed by atoms with Crippen LogP contribution in [0.1, 0.15) is 34.1 Å². The van der Waals surface area contributed by atoms with E-state index in [4.69, 9.17) is 16.6 Å². The van der Waals surface area contributed by atoms with Gasteiger partial charge in [-0.3, -0.25) is 0 Å². The molecule has 0 spiro atoms. The summed E-state index contributed by atoms with van der Waals surface area (Å²) in [4.78, 5) is 0. The lowest BCUT2D eigenvalue weighted by molar-refractivity contribution is 0.221. The third-order valence-corrected chi connectivity index (χ3v) is 1.05. The van der Waals surface area contributed by atoms with Gasteiger partial charge in [-0.05, 0) is 27.2 Å². The van der Waals surface area contributed by atoms with Gasteiger partial charge in [-0.1, -0.05) is 6.92 Å². The summed E-state index contributed by atoms with van der Waals surface area (Å²) >= 11 is 0. The van der Waals surface area contributed by atoms with Crippen LogP contribution in [-0.2, 0) is 0 Å². The van der Waals surface area contributed by atoms with Crippen LogP contribution in [0.25, 0.3) is 0 Å². The minimum Gasteiger partial charge on any atom is -0.394 e. The zero-order valence-electron chi connectivity index (χ0n) is 8.09. The monoisotopic (exact) mass is 162 g/mol. The van der Waals surface area contributed by atoms with Crippen LogP contribution in [0.4, 0.5) is 0 Å². The molecular formula is C8H22N2O. The van der Waals surface area contributed by atoms with E-state index in [1.807, 2.05) is 6.92 Å². The van der Waals surface area contributed by atoms with Crippen molar-refractivity contribution in [2.24, 2.45) is 11.5 Å². The summed E-state index contributed by atoms with van der Waals surface area (Å²) in [5.74, 6) is 0. The van der Waals surface area contributed by atoms with Gasteiger partial charge in [0.1, 0.15) is 0 Å². The lowest BCUT2D eigenvalue weighted by atomic mass is 10.1. The lowest BCUT2D eigenvalue weighted by Crippen LogP contribution is -2.35. The number of aliphatic hydroxyl groups is 1. The van der Waals surface area contributed by atoms with Crippen LogP contribution < -0.4 is 11.5 Å². The predicted octanol–water partition coefficient (Wildman–Crippen LogP) is 0.460. The van der Waals surface area contributed by atoms with Gasteiger partial charge in [0.15, 0.2) is 0 Å². The van der Waals surface area contributed by atoms with Crippen molar-refractivity contribution in [1.29, 1.82) is 0 Å². The van der Waals surface area contributed by atoms with Gasteiger partial charge in [0.05, 0.1) is 6.61 Å². The zero-order valence-corrected chi connectivity index (χ0v) is 8.09. The molecule has 5 N–H and O–H groups in total. The highest BCUT2D eigenvalue weighted by Crippen LogP contribution is 1.89. The van der Waals surface area contributed by atoms with Gasteiger partial charge in [0, 0.05) is 11.6 Å². The summed E-state index contributed by atoms with van der Waals surface area (Å²) in [6, 6.07) is 0.384. The third kappa shape index (κ3) is 25.8. The molecule has 70 valence electrons. The van der Waals surface area contributed by atoms with Crippen molar-refractivity contribution < 1.29 is 5.11 Å². The van der Waals surface area contributed by atoms with Crippen molar-refractivity contribution >= 4 is 0 Å². The highest BCUT2D eigenvalue weighted by molar-refractivity contribution is 4.67. The van der Waals surface area contributed by atoms with Crippen molar-refractivity contribution in [3.63, 3.8) is 0 Å². The number of aliphatic hydroxyl groups excluding tert-OH is 1. The van der Waals surface area contributed by atoms with E-state index in [0.29, 0.717) is 6.04 Å². The molecule has 0 aliphatic heterocycles. The van der Waals surface area contributed by atoms with Gasteiger partial charge in [0.2, 0.25) is 0 Å². The Bertz CT molecular complexity index is 76.7. The number of rotatable bonds is 2. The highest BCUT2D eigenvalue weighted by atomic mass is 16.3. The maximum Gasteiger partial charge on any atom is 0.0605 e. The molecular weight excluding hydrogens is 140 g/mol. The molecule has 3 nitrogen and oxygen atoms in total. The van der Waals surface area contributed by atoms with Crippen LogP contribution in [0.5, 0.6) is 0 Å². The van der Waals surface area contributed by atoms with E-state index in [9.17, 15) is 0 Å². The summed E-state index contributed by atoms with van der Waals surface area (Å²) in [6.45, 7) is 7.66. The van der Waals surface area contributed by atoms with E-state index in [-0.39, 0.29) is 6.61 Å². The molecule has 0 aliphatic carbocycles. The molecule has 1 unspecified atom stereocenters. The first-order chi connectivity index (χ1) is 4.83. The fourth-order valence-corrected chi connectivity index (χ4v) is 0. The second-order valence-electron chi connectivity index (χ2n) is 3.53. The molecule has 3 heteroatoms. The van der Waals surface area contributed by atoms with Crippen molar-refractivity contribution in [1.82, 2.24) is 0 Å². The Kier molecular flexibility index (Phi) is 8.06. The molecule has 0 heterocycles. The summed E-state index contributed by atoms with van der Waals surface area (Å²) < 4.78 is 0. The molecule has 1 atom stereocenters. The first kappa shape index (κ1) is 13.5. The molecule has 0 aliphatic rings. The Labute approximate surface area is 69.8 Å². The summed E-state index contributed by atoms with van der Waals surface area (Å²) in [5, 5.41) is 8.28. The molecule has 0 fully saturated rings. The smallest absolute Gasteiger partial charge is 0.0605 e. The van der Waals surface area contributed by atoms with Crippen molar-refractivity contribution in [3.8, 4) is 0 Å². The Balaban J connectivity index is 0. The van der Waals surface area contributed by atoms with E-state index in [2.05, 4.69) is 6.92 Å². The molecule has 0 rings (SSSR count). The van der Waals surface area contributed by atoms with E-state index in [0.717, 1.165) is 6.42 Å². The molecule has 0 aromatic heterocycles. The SMILES string of the molecule is CC(C)(N)CO.CCC(C)N. The molecule has 11 heavy (non-hydrogen) atoms. The van der Waals surface area contributed by atoms with E-state index in [1.165, 1.54) is 0 Å². The van der Waals surface area contributed by atoms with E-state index < -0.39 is 5.54 Å². The average molecular weight is 162 g/mol. The van der Waals surface area contributed by atoms with Gasteiger partial charge < -0.3 is 16.6 Å². The number of nitrogens with two attached hydrogens (primary N) is 2. The Morgan fingerprint density at radius 2 is 1.64 bits per heavy atom. The van der Waals surface area contributed by atoms with E-state index >= 15 is 0 Å². The largest absolute Gasteiger partial charge is 0.394 e. The van der Waals surface area contributed by atoms with Gasteiger partial charge in [-0.15, -0.1) is 0 Å². The van der Waals surface area contributed by atoms with Crippen molar-refractivity contribution in [3.05, 3.63) is 0 Å². The quantitative estimate of drug-likeness (QED) is 0.552. The lowest BCUT2D eigenvalue weighted by Gasteiger charge is -2.12. The van der Waals surface area contributed by atoms with Gasteiger partial charge in [-0.2, -0.15) is 0 Å². The minimum atomic E-state index is -0.403. The second kappa shape index (κ2) is 6.58. The maximum atomic E-state index is 8.28. The predicted molar refractivity (Wildman–Crippen MR) is 49.3 cm³/mol. The van der Waals surface area contributed by atoms with Gasteiger partial charge in [0.25, 0.3) is 0 Å². The summed E-state index contributed by atoms with van der Waals surface area (Å²) in [5.41, 5.74) is 10.2. The first-order valence-corrected chi connectivity index (χ1v) is 3.98. The average Bonchev–Trinajstić information content (AvgIpc) is 1.88. The second-order valence-corrected chi connectivity index (χ2v) is 3.53. The van der Waals surface area contributed by atoms with Gasteiger partial charge >= 0.3 is 0 Å². The van der Waals surface area contributed by atoms with Crippen LogP contribution in [0.3, 0.4) is 0 Å². The Morgan fingerprint density at radius 1 is 1.45 bits per heavy atom. The van der Waals surface area contributed by atoms with Gasteiger partial charge in [-0.25, -0.2) is 0 Å². The zero-order chi connectivity index (χ0) is 9.49.